The lowest BCUT2D eigenvalue weighted by atomic mass is 9.86. The van der Waals surface area contributed by atoms with Crippen molar-refractivity contribution in [2.45, 2.75) is 57.5 Å². The molecule has 0 saturated carbocycles. The number of amides is 2. The molecule has 2 aliphatic rings. The van der Waals surface area contributed by atoms with Crippen LogP contribution in [0.25, 0.3) is 0 Å². The number of anilines is 1. The van der Waals surface area contributed by atoms with Crippen LogP contribution in [0.2, 0.25) is 0 Å². The van der Waals surface area contributed by atoms with Crippen molar-refractivity contribution in [1.82, 2.24) is 5.32 Å². The van der Waals surface area contributed by atoms with Gasteiger partial charge in [0.05, 0.1) is 5.69 Å². The molecule has 0 bridgehead atoms. The van der Waals surface area contributed by atoms with E-state index in [0.717, 1.165) is 61.9 Å². The fourth-order valence-corrected chi connectivity index (χ4v) is 4.42. The van der Waals surface area contributed by atoms with E-state index < -0.39 is 5.60 Å². The van der Waals surface area contributed by atoms with Crippen LogP contribution in [0, 0.1) is 0 Å². The summed E-state index contributed by atoms with van der Waals surface area (Å²) in [5.41, 5.74) is 2.91. The third-order valence-corrected chi connectivity index (χ3v) is 6.04. The van der Waals surface area contributed by atoms with Gasteiger partial charge in [-0.05, 0) is 69.2 Å². The number of fused-ring (bicyclic) bond motifs is 2. The number of allylic oxidation sites excluding steroid dienone is 4. The van der Waals surface area contributed by atoms with Gasteiger partial charge in [0.1, 0.15) is 0 Å². The summed E-state index contributed by atoms with van der Waals surface area (Å²) >= 11 is 5.92. The molecule has 1 unspecified atom stereocenters. The standard InChI is InChI=1S/C25H31ClN2O3/c1-3-21(12-10-19(2)26)28-23-13-11-20(9-5-4-7-15-27-18-29)17-22(23)25(24(28)30)14-6-8-16-31-25/h3,10-13,17-18H,2,4-9,14-16H2,1H3,(H,27,29)/b12-10-,21-3+. The highest BCUT2D eigenvalue weighted by molar-refractivity contribution is 6.30. The molecule has 2 aliphatic heterocycles. The molecule has 2 heterocycles. The van der Waals surface area contributed by atoms with Gasteiger partial charge in [-0.1, -0.05) is 42.8 Å². The van der Waals surface area contributed by atoms with E-state index in [1.165, 1.54) is 5.56 Å². The van der Waals surface area contributed by atoms with Crippen molar-refractivity contribution in [2.24, 2.45) is 0 Å². The second-order valence-corrected chi connectivity index (χ2v) is 8.49. The normalized spacial score (nSPS) is 21.0. The molecule has 5 nitrogen and oxygen atoms in total. The Morgan fingerprint density at radius 3 is 2.81 bits per heavy atom. The third kappa shape index (κ3) is 5.10. The molecule has 0 aromatic heterocycles. The summed E-state index contributed by atoms with van der Waals surface area (Å²) in [6, 6.07) is 6.29. The molecule has 31 heavy (non-hydrogen) atoms. The summed E-state index contributed by atoms with van der Waals surface area (Å²) in [4.78, 5) is 25.8. The number of unbranched alkanes of at least 4 members (excludes halogenated alkanes) is 2. The zero-order valence-corrected chi connectivity index (χ0v) is 18.9. The van der Waals surface area contributed by atoms with Crippen LogP contribution in [-0.4, -0.2) is 25.5 Å². The van der Waals surface area contributed by atoms with Gasteiger partial charge in [0.15, 0.2) is 5.60 Å². The van der Waals surface area contributed by atoms with Gasteiger partial charge >= 0.3 is 0 Å². The van der Waals surface area contributed by atoms with Crippen LogP contribution in [0.4, 0.5) is 5.69 Å². The number of hydrogen-bond donors (Lipinski definition) is 1. The van der Waals surface area contributed by atoms with Crippen molar-refractivity contribution in [3.63, 3.8) is 0 Å². The molecule has 1 fully saturated rings. The predicted molar refractivity (Wildman–Crippen MR) is 125 cm³/mol. The molecule has 166 valence electrons. The average Bonchev–Trinajstić information content (AvgIpc) is 3.00. The van der Waals surface area contributed by atoms with E-state index in [4.69, 9.17) is 16.3 Å². The number of rotatable bonds is 10. The number of aryl methyl sites for hydroxylation is 1. The van der Waals surface area contributed by atoms with Crippen molar-refractivity contribution in [2.75, 3.05) is 18.1 Å². The molecule has 1 aromatic carbocycles. The molecule has 1 atom stereocenters. The number of benzene rings is 1. The molecule has 6 heteroatoms. The molecule has 2 amide bonds. The van der Waals surface area contributed by atoms with E-state index in [9.17, 15) is 9.59 Å². The molecular weight excluding hydrogens is 412 g/mol. The van der Waals surface area contributed by atoms with Crippen LogP contribution in [-0.2, 0) is 26.3 Å². The summed E-state index contributed by atoms with van der Waals surface area (Å²) in [5, 5.41) is 3.11. The van der Waals surface area contributed by atoms with Gasteiger partial charge in [-0.2, -0.15) is 0 Å². The van der Waals surface area contributed by atoms with Crippen LogP contribution >= 0.6 is 11.6 Å². The zero-order chi connectivity index (χ0) is 22.3. The van der Waals surface area contributed by atoms with Crippen molar-refractivity contribution in [3.05, 3.63) is 64.9 Å². The molecule has 0 radical (unpaired) electrons. The van der Waals surface area contributed by atoms with E-state index in [-0.39, 0.29) is 5.91 Å². The lowest BCUT2D eigenvalue weighted by Gasteiger charge is -2.33. The SMILES string of the molecule is C=C(Cl)/C=C\C(=C/C)N1C(=O)C2(CCCCO2)c2cc(CCCCCNC=O)ccc21. The molecule has 1 saturated heterocycles. The molecule has 1 aromatic rings. The molecule has 1 N–H and O–H groups in total. The van der Waals surface area contributed by atoms with E-state index in [0.29, 0.717) is 24.6 Å². The first kappa shape index (κ1) is 23.3. The van der Waals surface area contributed by atoms with E-state index in [1.54, 1.807) is 11.0 Å². The fourth-order valence-electron chi connectivity index (χ4n) is 4.36. The third-order valence-electron chi connectivity index (χ3n) is 5.92. The maximum absolute atomic E-state index is 13.7. The Morgan fingerprint density at radius 2 is 2.13 bits per heavy atom. The Kier molecular flexibility index (Phi) is 8.10. The first-order chi connectivity index (χ1) is 15.0. The maximum Gasteiger partial charge on any atom is 0.268 e. The van der Waals surface area contributed by atoms with E-state index in [1.807, 2.05) is 25.1 Å². The summed E-state index contributed by atoms with van der Waals surface area (Å²) in [5.74, 6) is -0.0303. The smallest absolute Gasteiger partial charge is 0.268 e. The highest BCUT2D eigenvalue weighted by Crippen LogP contribution is 2.49. The van der Waals surface area contributed by atoms with Crippen LogP contribution in [0.1, 0.15) is 56.6 Å². The molecule has 1 spiro atoms. The van der Waals surface area contributed by atoms with E-state index >= 15 is 0 Å². The highest BCUT2D eigenvalue weighted by atomic mass is 35.5. The van der Waals surface area contributed by atoms with Crippen LogP contribution in [0.5, 0.6) is 0 Å². The Bertz CT molecular complexity index is 885. The summed E-state index contributed by atoms with van der Waals surface area (Å²) < 4.78 is 6.21. The maximum atomic E-state index is 13.7. The minimum Gasteiger partial charge on any atom is -0.360 e. The van der Waals surface area contributed by atoms with Crippen molar-refractivity contribution in [3.8, 4) is 0 Å². The number of carbonyl (C=O) groups excluding carboxylic acids is 2. The van der Waals surface area contributed by atoms with Gasteiger partial charge in [0, 0.05) is 29.4 Å². The second-order valence-electron chi connectivity index (χ2n) is 8.00. The number of halogens is 1. The lowest BCUT2D eigenvalue weighted by molar-refractivity contribution is -0.149. The van der Waals surface area contributed by atoms with Crippen molar-refractivity contribution in [1.29, 1.82) is 0 Å². The largest absolute Gasteiger partial charge is 0.360 e. The van der Waals surface area contributed by atoms with Crippen LogP contribution < -0.4 is 10.2 Å². The number of nitrogens with zero attached hydrogens (tertiary/aromatic N) is 1. The molecule has 0 aliphatic carbocycles. The van der Waals surface area contributed by atoms with Crippen molar-refractivity contribution < 1.29 is 14.3 Å². The number of carbonyl (C=O) groups is 2. The van der Waals surface area contributed by atoms with Crippen molar-refractivity contribution >= 4 is 29.6 Å². The van der Waals surface area contributed by atoms with Gasteiger partial charge in [-0.3, -0.25) is 14.5 Å². The number of ether oxygens (including phenoxy) is 1. The Labute approximate surface area is 189 Å². The fraction of sp³-hybridized carbons (Fsp3) is 0.440. The van der Waals surface area contributed by atoms with Gasteiger partial charge in [-0.15, -0.1) is 0 Å². The number of hydrogen-bond acceptors (Lipinski definition) is 3. The minimum atomic E-state index is -0.905. The first-order valence-electron chi connectivity index (χ1n) is 11.0. The highest BCUT2D eigenvalue weighted by Gasteiger charge is 2.53. The Hall–Kier alpha value is -2.37. The predicted octanol–water partition coefficient (Wildman–Crippen LogP) is 5.10. The first-order valence-corrected chi connectivity index (χ1v) is 11.4. The monoisotopic (exact) mass is 442 g/mol. The van der Waals surface area contributed by atoms with Crippen LogP contribution in [0.15, 0.2) is 53.7 Å². The van der Waals surface area contributed by atoms with Gasteiger partial charge in [-0.25, -0.2) is 0 Å². The van der Waals surface area contributed by atoms with Crippen LogP contribution in [0.3, 0.4) is 0 Å². The molecular formula is C25H31ClN2O3. The minimum absolute atomic E-state index is 0.0303. The van der Waals surface area contributed by atoms with E-state index in [2.05, 4.69) is 24.0 Å². The second kappa shape index (κ2) is 10.8. The van der Waals surface area contributed by atoms with Gasteiger partial charge in [0.25, 0.3) is 5.91 Å². The van der Waals surface area contributed by atoms with Gasteiger partial charge in [0.2, 0.25) is 6.41 Å². The number of nitrogens with one attached hydrogen (secondary N) is 1. The quantitative estimate of drug-likeness (QED) is 0.311. The van der Waals surface area contributed by atoms with Gasteiger partial charge < -0.3 is 10.1 Å². The summed E-state index contributed by atoms with van der Waals surface area (Å²) in [6.45, 7) is 6.91. The molecule has 3 rings (SSSR count). The average molecular weight is 443 g/mol. The topological polar surface area (TPSA) is 58.6 Å². The lowest BCUT2D eigenvalue weighted by Crippen LogP contribution is -2.44. The Morgan fingerprint density at radius 1 is 1.29 bits per heavy atom. The summed E-state index contributed by atoms with van der Waals surface area (Å²) in [7, 11) is 0. The summed E-state index contributed by atoms with van der Waals surface area (Å²) in [6.07, 6.45) is 12.8. The zero-order valence-electron chi connectivity index (χ0n) is 18.2. The Balaban J connectivity index is 1.88.